The summed E-state index contributed by atoms with van der Waals surface area (Å²) in [6.07, 6.45) is 0. The summed E-state index contributed by atoms with van der Waals surface area (Å²) in [4.78, 5) is 4.43. The van der Waals surface area contributed by atoms with Crippen LogP contribution >= 0.6 is 16.2 Å². The summed E-state index contributed by atoms with van der Waals surface area (Å²) in [7, 11) is -2.98. The summed E-state index contributed by atoms with van der Waals surface area (Å²) in [6.45, 7) is 0. The molecule has 32 valence electrons. The molecule has 0 aliphatic carbocycles. The Balaban J connectivity index is 2.47. The number of rotatable bonds is 0. The Kier molecular flexibility index (Phi) is 0.941. The van der Waals surface area contributed by atoms with E-state index in [1.54, 1.807) is 0 Å². The van der Waals surface area contributed by atoms with E-state index in [0.717, 1.165) is 0 Å². The van der Waals surface area contributed by atoms with Crippen molar-refractivity contribution in [2.45, 2.75) is 0 Å². The normalized spacial score (nSPS) is 32.7. The van der Waals surface area contributed by atoms with E-state index in [1.807, 2.05) is 0 Å². The third-order valence-electron chi connectivity index (χ3n) is 0.363. The van der Waals surface area contributed by atoms with Crippen molar-refractivity contribution in [3.63, 3.8) is 0 Å². The van der Waals surface area contributed by atoms with Gasteiger partial charge in [-0.15, -0.1) is 0 Å². The van der Waals surface area contributed by atoms with Gasteiger partial charge in [0.2, 0.25) is 0 Å². The van der Waals surface area contributed by atoms with Crippen LogP contribution in [0.15, 0.2) is 0 Å². The number of nitrogens with one attached hydrogen (secondary N) is 2. The molecule has 0 aromatic heterocycles. The first-order chi connectivity index (χ1) is 2.79. The van der Waals surface area contributed by atoms with Crippen molar-refractivity contribution in [2.75, 3.05) is 0 Å². The van der Waals surface area contributed by atoms with Gasteiger partial charge in [-0.3, -0.25) is 0 Å². The van der Waals surface area contributed by atoms with E-state index < -0.39 is 16.2 Å². The predicted octanol–water partition coefficient (Wildman–Crippen LogP) is 0.494. The minimum absolute atomic E-state index is 1.49. The van der Waals surface area contributed by atoms with Crippen molar-refractivity contribution in [3.05, 3.63) is 0 Å². The van der Waals surface area contributed by atoms with Gasteiger partial charge in [0.1, 0.15) is 9.72 Å². The van der Waals surface area contributed by atoms with Crippen LogP contribution in [0.5, 0.6) is 0 Å². The molecule has 0 amide bonds. The van der Waals surface area contributed by atoms with E-state index in [1.165, 1.54) is 0 Å². The molecule has 1 heterocycles. The lowest BCUT2D eigenvalue weighted by Gasteiger charge is -1.76. The van der Waals surface area contributed by atoms with Crippen LogP contribution in [-0.2, 0) is 9.13 Å². The lowest BCUT2D eigenvalue weighted by Crippen LogP contribution is -2.15. The smallest absolute Gasteiger partial charge is 0.0166 e. The van der Waals surface area contributed by atoms with E-state index in [4.69, 9.17) is 0 Å². The third-order valence-corrected chi connectivity index (χ3v) is 3.27. The van der Waals surface area contributed by atoms with Crippen LogP contribution in [0.1, 0.15) is 0 Å². The highest BCUT2D eigenvalue weighted by molar-refractivity contribution is 7.71. The summed E-state index contributed by atoms with van der Waals surface area (Å²) in [5.74, 6) is 0. The molecule has 1 rings (SSSR count). The van der Waals surface area contributed by atoms with Gasteiger partial charge in [-0.05, 0) is 9.13 Å². The van der Waals surface area contributed by atoms with Crippen molar-refractivity contribution in [1.82, 2.24) is 9.72 Å². The first kappa shape index (κ1) is 4.28. The second-order valence-corrected chi connectivity index (χ2v) is 3.57. The maximum absolute atomic E-state index is 9.85. The summed E-state index contributed by atoms with van der Waals surface area (Å²) >= 11 is 0. The quantitative estimate of drug-likeness (QED) is 0.461. The zero-order valence-corrected chi connectivity index (χ0v) is 4.50. The van der Waals surface area contributed by atoms with Gasteiger partial charge in [0, 0.05) is 0 Å². The lowest BCUT2D eigenvalue weighted by atomic mass is 13.8. The SMILES string of the molecule is O=[P+]1N[P+](=O)N1. The fourth-order valence-corrected chi connectivity index (χ4v) is 1.48. The highest BCUT2D eigenvalue weighted by Crippen LogP contribution is 2.37. The fourth-order valence-electron chi connectivity index (χ4n) is 0.165. The van der Waals surface area contributed by atoms with Crippen LogP contribution in [-0.4, -0.2) is 0 Å². The molecule has 0 atom stereocenters. The van der Waals surface area contributed by atoms with E-state index >= 15 is 0 Å². The van der Waals surface area contributed by atoms with Crippen LogP contribution in [0.4, 0.5) is 0 Å². The van der Waals surface area contributed by atoms with Crippen molar-refractivity contribution < 1.29 is 9.13 Å². The molecule has 6 heteroatoms. The maximum atomic E-state index is 9.85. The van der Waals surface area contributed by atoms with Gasteiger partial charge >= 0.3 is 16.2 Å². The lowest BCUT2D eigenvalue weighted by molar-refractivity contribution is 0.559. The Hall–Kier alpha value is 0.120. The average molecular weight is 124 g/mol. The molecule has 6 heavy (non-hydrogen) atoms. The van der Waals surface area contributed by atoms with Gasteiger partial charge in [0.25, 0.3) is 0 Å². The highest BCUT2D eigenvalue weighted by Gasteiger charge is 2.51. The molecule has 0 aromatic carbocycles. The van der Waals surface area contributed by atoms with E-state index in [2.05, 4.69) is 9.72 Å². The highest BCUT2D eigenvalue weighted by atomic mass is 31.2. The Labute approximate surface area is 36.1 Å². The van der Waals surface area contributed by atoms with Crippen molar-refractivity contribution in [2.24, 2.45) is 0 Å². The van der Waals surface area contributed by atoms with Crippen LogP contribution < -0.4 is 9.72 Å². The molecular weight excluding hydrogens is 122 g/mol. The number of hydrogen-bond acceptors (Lipinski definition) is 2. The Morgan fingerprint density at radius 3 is 1.33 bits per heavy atom. The molecule has 0 radical (unpaired) electrons. The van der Waals surface area contributed by atoms with E-state index in [-0.39, 0.29) is 0 Å². The van der Waals surface area contributed by atoms with E-state index in [9.17, 15) is 9.13 Å². The van der Waals surface area contributed by atoms with Crippen LogP contribution in [0, 0.1) is 0 Å². The molecule has 0 unspecified atom stereocenters. The van der Waals surface area contributed by atoms with Gasteiger partial charge in [0.15, 0.2) is 0 Å². The maximum Gasteiger partial charge on any atom is 0.623 e. The molecule has 0 bridgehead atoms. The van der Waals surface area contributed by atoms with E-state index in [0.29, 0.717) is 0 Å². The van der Waals surface area contributed by atoms with Crippen molar-refractivity contribution in [1.29, 1.82) is 0 Å². The summed E-state index contributed by atoms with van der Waals surface area (Å²) in [5.41, 5.74) is 0. The molecule has 1 aliphatic rings. The fraction of sp³-hybridized carbons (Fsp3) is 0. The largest absolute Gasteiger partial charge is 0.623 e. The zero-order valence-electron chi connectivity index (χ0n) is 2.71. The Morgan fingerprint density at radius 2 is 1.33 bits per heavy atom. The first-order valence-electron chi connectivity index (χ1n) is 1.26. The molecule has 0 spiro atoms. The van der Waals surface area contributed by atoms with Crippen molar-refractivity contribution in [3.8, 4) is 0 Å². The zero-order chi connectivity index (χ0) is 4.57. The van der Waals surface area contributed by atoms with Crippen molar-refractivity contribution >= 4 is 16.2 Å². The summed E-state index contributed by atoms with van der Waals surface area (Å²) in [6, 6.07) is 0. The molecular formula is H2N2O2P2+2. The van der Waals surface area contributed by atoms with Crippen LogP contribution in [0.2, 0.25) is 0 Å². The Morgan fingerprint density at radius 1 is 1.00 bits per heavy atom. The van der Waals surface area contributed by atoms with Gasteiger partial charge in [0.05, 0.1) is 0 Å². The molecule has 0 aromatic rings. The Bertz CT molecular complexity index is 86.1. The van der Waals surface area contributed by atoms with Crippen LogP contribution in [0.25, 0.3) is 0 Å². The van der Waals surface area contributed by atoms with Gasteiger partial charge in [-0.1, -0.05) is 0 Å². The molecule has 1 aliphatic heterocycles. The molecule has 1 saturated heterocycles. The minimum atomic E-state index is -1.49. The summed E-state index contributed by atoms with van der Waals surface area (Å²) < 4.78 is 19.7. The minimum Gasteiger partial charge on any atom is -0.0166 e. The van der Waals surface area contributed by atoms with Crippen LogP contribution in [0.3, 0.4) is 0 Å². The standard InChI is InChI=1S/H2N2O2P2/c3-5-1-6(4)2-5/h(H2,1,2,3,4)/q+2. The number of hydrogen-bond donors (Lipinski definition) is 2. The molecule has 2 N–H and O–H groups in total. The second kappa shape index (κ2) is 1.32. The van der Waals surface area contributed by atoms with Gasteiger partial charge < -0.3 is 0 Å². The van der Waals surface area contributed by atoms with Gasteiger partial charge in [-0.2, -0.15) is 0 Å². The second-order valence-electron chi connectivity index (χ2n) is 0.789. The molecule has 0 saturated carbocycles. The topological polar surface area (TPSA) is 58.2 Å². The van der Waals surface area contributed by atoms with Gasteiger partial charge in [-0.25, -0.2) is 0 Å². The monoisotopic (exact) mass is 124 g/mol. The average Bonchev–Trinajstić information content (AvgIpc) is 1.33. The third kappa shape index (κ3) is 0.608. The summed E-state index contributed by atoms with van der Waals surface area (Å²) in [5, 5.41) is 0. The molecule has 1 fully saturated rings. The molecule has 4 nitrogen and oxygen atoms in total. The predicted molar refractivity (Wildman–Crippen MR) is 21.5 cm³/mol. The first-order valence-corrected chi connectivity index (χ1v) is 3.78.